The molecule has 0 unspecified atom stereocenters. The molecule has 1 rings (SSSR count). The minimum Gasteiger partial charge on any atom is -0.359 e. The Morgan fingerprint density at radius 3 is 2.60 bits per heavy atom. The van der Waals surface area contributed by atoms with Crippen LogP contribution in [0.25, 0.3) is 0 Å². The molecule has 76 valence electrons. The zero-order valence-electron chi connectivity index (χ0n) is 8.90. The Morgan fingerprint density at radius 2 is 2.00 bits per heavy atom. The molecule has 0 heterocycles. The highest BCUT2D eigenvalue weighted by atomic mass is 15.1. The van der Waals surface area contributed by atoms with Crippen LogP contribution in [0.2, 0.25) is 0 Å². The van der Waals surface area contributed by atoms with Gasteiger partial charge in [-0.15, -0.1) is 5.92 Å². The summed E-state index contributed by atoms with van der Waals surface area (Å²) in [4.78, 5) is 2.11. The maximum absolute atomic E-state index is 8.57. The molecule has 0 saturated carbocycles. The van der Waals surface area contributed by atoms with Crippen LogP contribution >= 0.6 is 0 Å². The van der Waals surface area contributed by atoms with Crippen molar-refractivity contribution in [2.45, 2.75) is 13.3 Å². The SMILES string of the molecule is CC#CCN(CCC#N)c1ccccc1. The van der Waals surface area contributed by atoms with Crippen LogP contribution < -0.4 is 4.90 Å². The summed E-state index contributed by atoms with van der Waals surface area (Å²) in [6, 6.07) is 12.2. The van der Waals surface area contributed by atoms with Crippen LogP contribution in [0.15, 0.2) is 30.3 Å². The Kier molecular flexibility index (Phi) is 4.84. The smallest absolute Gasteiger partial charge is 0.0794 e. The highest BCUT2D eigenvalue weighted by molar-refractivity contribution is 5.47. The number of nitrogens with zero attached hydrogens (tertiary/aromatic N) is 2. The standard InChI is InChI=1S/C13H14N2/c1-2-3-11-15(12-7-10-14)13-8-5-4-6-9-13/h4-6,8-9H,7,11-12H2,1H3. The molecule has 0 spiro atoms. The molecule has 0 N–H and O–H groups in total. The fourth-order valence-corrected chi connectivity index (χ4v) is 1.30. The van der Waals surface area contributed by atoms with Gasteiger partial charge in [0.25, 0.3) is 0 Å². The van der Waals surface area contributed by atoms with E-state index >= 15 is 0 Å². The fraction of sp³-hybridized carbons (Fsp3) is 0.308. The average Bonchev–Trinajstić information content (AvgIpc) is 2.30. The average molecular weight is 198 g/mol. The molecule has 0 bridgehead atoms. The van der Waals surface area contributed by atoms with Crippen LogP contribution in [0.5, 0.6) is 0 Å². The maximum atomic E-state index is 8.57. The second-order valence-electron chi connectivity index (χ2n) is 3.09. The third-order valence-electron chi connectivity index (χ3n) is 2.06. The van der Waals surface area contributed by atoms with Crippen molar-refractivity contribution in [1.82, 2.24) is 0 Å². The summed E-state index contributed by atoms with van der Waals surface area (Å²) in [5.41, 5.74) is 1.12. The molecule has 0 aliphatic heterocycles. The number of benzene rings is 1. The van der Waals surface area contributed by atoms with Gasteiger partial charge in [-0.25, -0.2) is 0 Å². The van der Waals surface area contributed by atoms with Gasteiger partial charge in [0.1, 0.15) is 0 Å². The fourth-order valence-electron chi connectivity index (χ4n) is 1.30. The molecular formula is C13H14N2. The van der Waals surface area contributed by atoms with E-state index in [1.54, 1.807) is 0 Å². The number of hydrogen-bond donors (Lipinski definition) is 0. The molecule has 1 aromatic carbocycles. The molecule has 0 fully saturated rings. The molecular weight excluding hydrogens is 184 g/mol. The first-order valence-electron chi connectivity index (χ1n) is 4.95. The van der Waals surface area contributed by atoms with Crippen molar-refractivity contribution in [3.63, 3.8) is 0 Å². The second kappa shape index (κ2) is 6.51. The summed E-state index contributed by atoms with van der Waals surface area (Å²) < 4.78 is 0. The minimum atomic E-state index is 0.528. The van der Waals surface area contributed by atoms with Crippen molar-refractivity contribution in [2.75, 3.05) is 18.0 Å². The Bertz CT molecular complexity index is 378. The second-order valence-corrected chi connectivity index (χ2v) is 3.09. The van der Waals surface area contributed by atoms with E-state index < -0.39 is 0 Å². The maximum Gasteiger partial charge on any atom is 0.0794 e. The summed E-state index contributed by atoms with van der Waals surface area (Å²) in [6.07, 6.45) is 0.528. The van der Waals surface area contributed by atoms with Crippen molar-refractivity contribution >= 4 is 5.69 Å². The number of nitriles is 1. The predicted octanol–water partition coefficient (Wildman–Crippen LogP) is 2.43. The van der Waals surface area contributed by atoms with Gasteiger partial charge in [-0.1, -0.05) is 24.1 Å². The third kappa shape index (κ3) is 3.75. The lowest BCUT2D eigenvalue weighted by atomic mass is 10.2. The van der Waals surface area contributed by atoms with Gasteiger partial charge in [-0.2, -0.15) is 5.26 Å². The monoisotopic (exact) mass is 198 g/mol. The third-order valence-corrected chi connectivity index (χ3v) is 2.06. The van der Waals surface area contributed by atoms with Gasteiger partial charge in [-0.3, -0.25) is 0 Å². The molecule has 0 aliphatic carbocycles. The topological polar surface area (TPSA) is 27.0 Å². The van der Waals surface area contributed by atoms with Crippen LogP contribution in [-0.4, -0.2) is 13.1 Å². The molecule has 2 heteroatoms. The molecule has 1 aromatic rings. The van der Waals surface area contributed by atoms with E-state index in [-0.39, 0.29) is 0 Å². The lowest BCUT2D eigenvalue weighted by molar-refractivity contribution is 0.867. The van der Waals surface area contributed by atoms with E-state index in [1.807, 2.05) is 37.3 Å². The molecule has 0 saturated heterocycles. The van der Waals surface area contributed by atoms with Gasteiger partial charge in [0, 0.05) is 12.2 Å². The highest BCUT2D eigenvalue weighted by Crippen LogP contribution is 2.12. The lowest BCUT2D eigenvalue weighted by Gasteiger charge is -2.20. The van der Waals surface area contributed by atoms with Gasteiger partial charge in [0.05, 0.1) is 19.0 Å². The Balaban J connectivity index is 2.71. The van der Waals surface area contributed by atoms with Crippen molar-refractivity contribution in [1.29, 1.82) is 5.26 Å². The molecule has 0 atom stereocenters. The Hall–Kier alpha value is -1.93. The molecule has 15 heavy (non-hydrogen) atoms. The lowest BCUT2D eigenvalue weighted by Crippen LogP contribution is -2.24. The van der Waals surface area contributed by atoms with Gasteiger partial charge in [0.2, 0.25) is 0 Å². The van der Waals surface area contributed by atoms with E-state index in [4.69, 9.17) is 5.26 Å². The van der Waals surface area contributed by atoms with E-state index in [1.165, 1.54) is 0 Å². The largest absolute Gasteiger partial charge is 0.359 e. The van der Waals surface area contributed by atoms with E-state index in [2.05, 4.69) is 22.8 Å². The van der Waals surface area contributed by atoms with Crippen LogP contribution in [0.4, 0.5) is 5.69 Å². The van der Waals surface area contributed by atoms with Crippen LogP contribution in [0, 0.1) is 23.2 Å². The number of anilines is 1. The van der Waals surface area contributed by atoms with Gasteiger partial charge in [-0.05, 0) is 19.1 Å². The predicted molar refractivity (Wildman–Crippen MR) is 62.3 cm³/mol. The first kappa shape index (κ1) is 11.1. The van der Waals surface area contributed by atoms with Crippen molar-refractivity contribution in [3.8, 4) is 17.9 Å². The summed E-state index contributed by atoms with van der Waals surface area (Å²) in [5.74, 6) is 5.89. The Morgan fingerprint density at radius 1 is 1.27 bits per heavy atom. The summed E-state index contributed by atoms with van der Waals surface area (Å²) >= 11 is 0. The van der Waals surface area contributed by atoms with E-state index in [0.717, 1.165) is 12.2 Å². The normalized spacial score (nSPS) is 8.53. The minimum absolute atomic E-state index is 0.528. The molecule has 0 radical (unpaired) electrons. The summed E-state index contributed by atoms with van der Waals surface area (Å²) in [7, 11) is 0. The van der Waals surface area contributed by atoms with Crippen LogP contribution in [0.3, 0.4) is 0 Å². The van der Waals surface area contributed by atoms with Crippen LogP contribution in [-0.2, 0) is 0 Å². The van der Waals surface area contributed by atoms with Crippen LogP contribution in [0.1, 0.15) is 13.3 Å². The highest BCUT2D eigenvalue weighted by Gasteiger charge is 2.02. The van der Waals surface area contributed by atoms with Gasteiger partial charge in [0.15, 0.2) is 0 Å². The number of hydrogen-bond acceptors (Lipinski definition) is 2. The first-order valence-corrected chi connectivity index (χ1v) is 4.95. The summed E-state index contributed by atoms with van der Waals surface area (Å²) in [5, 5.41) is 8.57. The van der Waals surface area contributed by atoms with Crippen molar-refractivity contribution in [3.05, 3.63) is 30.3 Å². The zero-order valence-corrected chi connectivity index (χ0v) is 8.90. The quantitative estimate of drug-likeness (QED) is 0.695. The van der Waals surface area contributed by atoms with E-state index in [9.17, 15) is 0 Å². The van der Waals surface area contributed by atoms with E-state index in [0.29, 0.717) is 13.0 Å². The van der Waals surface area contributed by atoms with Gasteiger partial charge >= 0.3 is 0 Å². The molecule has 2 nitrogen and oxygen atoms in total. The molecule has 0 amide bonds. The molecule has 0 aromatic heterocycles. The number of para-hydroxylation sites is 1. The summed E-state index contributed by atoms with van der Waals surface area (Å²) in [6.45, 7) is 3.24. The zero-order chi connectivity index (χ0) is 10.9. The number of rotatable bonds is 4. The van der Waals surface area contributed by atoms with Crippen molar-refractivity contribution in [2.24, 2.45) is 0 Å². The molecule has 0 aliphatic rings. The van der Waals surface area contributed by atoms with Gasteiger partial charge < -0.3 is 4.90 Å². The van der Waals surface area contributed by atoms with Crippen molar-refractivity contribution < 1.29 is 0 Å². The first-order chi connectivity index (χ1) is 7.38. The Labute approximate surface area is 91.1 Å².